The van der Waals surface area contributed by atoms with Gasteiger partial charge in [0, 0.05) is 19.0 Å². The Morgan fingerprint density at radius 1 is 1.37 bits per heavy atom. The molecule has 1 fully saturated rings. The van der Waals surface area contributed by atoms with Crippen molar-refractivity contribution in [3.63, 3.8) is 0 Å². The van der Waals surface area contributed by atoms with E-state index in [2.05, 4.69) is 10.6 Å². The number of benzene rings is 1. The molecule has 19 heavy (non-hydrogen) atoms. The molecule has 0 spiro atoms. The van der Waals surface area contributed by atoms with Crippen LogP contribution in [0.15, 0.2) is 24.3 Å². The van der Waals surface area contributed by atoms with E-state index < -0.39 is 0 Å². The zero-order valence-corrected chi connectivity index (χ0v) is 11.4. The van der Waals surface area contributed by atoms with E-state index in [-0.39, 0.29) is 5.91 Å². The molecule has 1 aliphatic heterocycles. The van der Waals surface area contributed by atoms with E-state index in [4.69, 9.17) is 4.74 Å². The Labute approximate surface area is 114 Å². The lowest BCUT2D eigenvalue weighted by atomic mass is 10.0. The molecule has 1 amide bonds. The van der Waals surface area contributed by atoms with Crippen molar-refractivity contribution in [2.45, 2.75) is 38.3 Å². The summed E-state index contributed by atoms with van der Waals surface area (Å²) in [6, 6.07) is 8.11. The van der Waals surface area contributed by atoms with Gasteiger partial charge in [-0.15, -0.1) is 0 Å². The van der Waals surface area contributed by atoms with Gasteiger partial charge in [-0.1, -0.05) is 18.6 Å². The van der Waals surface area contributed by atoms with Gasteiger partial charge in [-0.05, 0) is 37.1 Å². The lowest BCUT2D eigenvalue weighted by Gasteiger charge is -2.22. The Morgan fingerprint density at radius 3 is 2.79 bits per heavy atom. The number of nitrogens with one attached hydrogen (secondary N) is 2. The summed E-state index contributed by atoms with van der Waals surface area (Å²) in [5.41, 5.74) is 1.09. The van der Waals surface area contributed by atoms with Gasteiger partial charge in [0.05, 0.1) is 7.11 Å². The van der Waals surface area contributed by atoms with Crippen molar-refractivity contribution in [1.82, 2.24) is 10.6 Å². The Balaban J connectivity index is 1.72. The third-order valence-electron chi connectivity index (χ3n) is 3.49. The van der Waals surface area contributed by atoms with Crippen LogP contribution in [0.25, 0.3) is 0 Å². The Bertz CT molecular complexity index is 397. The molecule has 2 N–H and O–H groups in total. The van der Waals surface area contributed by atoms with E-state index in [9.17, 15) is 4.79 Å². The molecule has 1 saturated heterocycles. The number of carbonyl (C=O) groups excluding carboxylic acids is 1. The highest BCUT2D eigenvalue weighted by atomic mass is 16.5. The first kappa shape index (κ1) is 13.9. The van der Waals surface area contributed by atoms with Gasteiger partial charge >= 0.3 is 0 Å². The normalized spacial score (nSPS) is 18.9. The van der Waals surface area contributed by atoms with Crippen molar-refractivity contribution in [2.75, 3.05) is 13.7 Å². The molecule has 0 radical (unpaired) electrons. The van der Waals surface area contributed by atoms with Crippen molar-refractivity contribution in [1.29, 1.82) is 0 Å². The van der Waals surface area contributed by atoms with Gasteiger partial charge in [-0.2, -0.15) is 0 Å². The van der Waals surface area contributed by atoms with Gasteiger partial charge in [0.15, 0.2) is 0 Å². The monoisotopic (exact) mass is 262 g/mol. The van der Waals surface area contributed by atoms with E-state index in [1.165, 1.54) is 12.8 Å². The SMILES string of the molecule is COc1ccc(CNC(=O)CC2CCCCN2)cc1. The molecule has 0 aromatic heterocycles. The fourth-order valence-electron chi connectivity index (χ4n) is 2.34. The predicted molar refractivity (Wildman–Crippen MR) is 75.1 cm³/mol. The lowest BCUT2D eigenvalue weighted by Crippen LogP contribution is -2.38. The van der Waals surface area contributed by atoms with Crippen LogP contribution in [-0.4, -0.2) is 25.6 Å². The van der Waals surface area contributed by atoms with Gasteiger partial charge in [0.25, 0.3) is 0 Å². The summed E-state index contributed by atoms with van der Waals surface area (Å²) < 4.78 is 5.10. The number of piperidine rings is 1. The third-order valence-corrected chi connectivity index (χ3v) is 3.49. The van der Waals surface area contributed by atoms with Gasteiger partial charge in [-0.25, -0.2) is 0 Å². The second-order valence-corrected chi connectivity index (χ2v) is 4.98. The molecular formula is C15H22N2O2. The second kappa shape index (κ2) is 7.14. The first-order chi connectivity index (χ1) is 9.28. The minimum atomic E-state index is 0.121. The Hall–Kier alpha value is -1.55. The molecule has 1 aromatic carbocycles. The van der Waals surface area contributed by atoms with Gasteiger partial charge < -0.3 is 15.4 Å². The van der Waals surface area contributed by atoms with Crippen molar-refractivity contribution in [3.8, 4) is 5.75 Å². The molecule has 1 heterocycles. The molecule has 1 aromatic rings. The van der Waals surface area contributed by atoms with Crippen molar-refractivity contribution < 1.29 is 9.53 Å². The van der Waals surface area contributed by atoms with Crippen molar-refractivity contribution in [2.24, 2.45) is 0 Å². The minimum absolute atomic E-state index is 0.121. The topological polar surface area (TPSA) is 50.4 Å². The highest BCUT2D eigenvalue weighted by molar-refractivity contribution is 5.76. The maximum atomic E-state index is 11.8. The van der Waals surface area contributed by atoms with E-state index in [1.54, 1.807) is 7.11 Å². The number of hydrogen-bond acceptors (Lipinski definition) is 3. The van der Waals surface area contributed by atoms with Gasteiger partial charge in [-0.3, -0.25) is 4.79 Å². The average Bonchev–Trinajstić information content (AvgIpc) is 2.47. The molecule has 4 heteroatoms. The summed E-state index contributed by atoms with van der Waals surface area (Å²) in [6.45, 7) is 1.62. The molecule has 4 nitrogen and oxygen atoms in total. The van der Waals surface area contributed by atoms with Crippen molar-refractivity contribution in [3.05, 3.63) is 29.8 Å². The highest BCUT2D eigenvalue weighted by Gasteiger charge is 2.15. The first-order valence-corrected chi connectivity index (χ1v) is 6.91. The quantitative estimate of drug-likeness (QED) is 0.851. The Kier molecular flexibility index (Phi) is 5.21. The smallest absolute Gasteiger partial charge is 0.221 e. The van der Waals surface area contributed by atoms with Gasteiger partial charge in [0.1, 0.15) is 5.75 Å². The Morgan fingerprint density at radius 2 is 2.16 bits per heavy atom. The molecule has 1 aliphatic rings. The zero-order valence-electron chi connectivity index (χ0n) is 11.4. The molecule has 0 saturated carbocycles. The van der Waals surface area contributed by atoms with Crippen LogP contribution in [0, 0.1) is 0 Å². The maximum absolute atomic E-state index is 11.8. The fourth-order valence-corrected chi connectivity index (χ4v) is 2.34. The summed E-state index contributed by atoms with van der Waals surface area (Å²) in [6.07, 6.45) is 4.14. The number of amides is 1. The number of ether oxygens (including phenoxy) is 1. The summed E-state index contributed by atoms with van der Waals surface area (Å²) >= 11 is 0. The number of hydrogen-bond donors (Lipinski definition) is 2. The zero-order chi connectivity index (χ0) is 13.5. The maximum Gasteiger partial charge on any atom is 0.221 e. The fraction of sp³-hybridized carbons (Fsp3) is 0.533. The molecule has 1 atom stereocenters. The van der Waals surface area contributed by atoms with E-state index >= 15 is 0 Å². The second-order valence-electron chi connectivity index (χ2n) is 4.98. The van der Waals surface area contributed by atoms with Crippen molar-refractivity contribution >= 4 is 5.91 Å². The van der Waals surface area contributed by atoms with Crippen LogP contribution >= 0.6 is 0 Å². The van der Waals surface area contributed by atoms with Crippen LogP contribution in [0.2, 0.25) is 0 Å². The molecule has 2 rings (SSSR count). The van der Waals surface area contributed by atoms with E-state index in [0.717, 1.165) is 24.3 Å². The van der Waals surface area contributed by atoms with Crippen LogP contribution in [-0.2, 0) is 11.3 Å². The van der Waals surface area contributed by atoms with Crippen LogP contribution in [0.3, 0.4) is 0 Å². The average molecular weight is 262 g/mol. The molecule has 104 valence electrons. The summed E-state index contributed by atoms with van der Waals surface area (Å²) in [7, 11) is 1.65. The molecular weight excluding hydrogens is 240 g/mol. The summed E-state index contributed by atoms with van der Waals surface area (Å²) in [4.78, 5) is 11.8. The number of rotatable bonds is 5. The molecule has 0 bridgehead atoms. The highest BCUT2D eigenvalue weighted by Crippen LogP contribution is 2.12. The largest absolute Gasteiger partial charge is 0.497 e. The standard InChI is InChI=1S/C15H22N2O2/c1-19-14-7-5-12(6-8-14)11-17-15(18)10-13-4-2-3-9-16-13/h5-8,13,16H,2-4,9-11H2,1H3,(H,17,18). The van der Waals surface area contributed by atoms with E-state index in [1.807, 2.05) is 24.3 Å². The summed E-state index contributed by atoms with van der Waals surface area (Å²) in [5.74, 6) is 0.955. The molecule has 0 aliphatic carbocycles. The van der Waals surface area contributed by atoms with Crippen LogP contribution in [0.4, 0.5) is 0 Å². The first-order valence-electron chi connectivity index (χ1n) is 6.91. The molecule has 1 unspecified atom stereocenters. The third kappa shape index (κ3) is 4.56. The van der Waals surface area contributed by atoms with Gasteiger partial charge in [0.2, 0.25) is 5.91 Å². The number of methoxy groups -OCH3 is 1. The minimum Gasteiger partial charge on any atom is -0.497 e. The summed E-state index contributed by atoms with van der Waals surface area (Å²) in [5, 5.41) is 6.35. The van der Waals surface area contributed by atoms with Crippen LogP contribution < -0.4 is 15.4 Å². The van der Waals surface area contributed by atoms with Crippen LogP contribution in [0.5, 0.6) is 5.75 Å². The predicted octanol–water partition coefficient (Wildman–Crippen LogP) is 1.84. The van der Waals surface area contributed by atoms with E-state index in [0.29, 0.717) is 19.0 Å². The van der Waals surface area contributed by atoms with Crippen LogP contribution in [0.1, 0.15) is 31.2 Å². The lowest BCUT2D eigenvalue weighted by molar-refractivity contribution is -0.121. The number of carbonyl (C=O) groups is 1.